The van der Waals surface area contributed by atoms with Gasteiger partial charge in [0.1, 0.15) is 10.6 Å². The number of piperazine rings is 1. The van der Waals surface area contributed by atoms with Crippen LogP contribution in [-0.2, 0) is 14.8 Å². The van der Waals surface area contributed by atoms with E-state index in [0.717, 1.165) is 5.69 Å². The number of carbonyl (C=O) groups is 1. The second-order valence-corrected chi connectivity index (χ2v) is 9.23. The van der Waals surface area contributed by atoms with Crippen LogP contribution in [0.4, 0.5) is 11.4 Å². The van der Waals surface area contributed by atoms with E-state index >= 15 is 0 Å². The van der Waals surface area contributed by atoms with Crippen LogP contribution < -0.4 is 15.0 Å². The molecule has 0 aliphatic carbocycles. The highest BCUT2D eigenvalue weighted by atomic mass is 35.5. The van der Waals surface area contributed by atoms with Crippen LogP contribution in [0.3, 0.4) is 0 Å². The van der Waals surface area contributed by atoms with E-state index < -0.39 is 10.0 Å². The summed E-state index contributed by atoms with van der Waals surface area (Å²) < 4.78 is 33.0. The summed E-state index contributed by atoms with van der Waals surface area (Å²) in [6, 6.07) is 10.2. The predicted octanol–water partition coefficient (Wildman–Crippen LogP) is 2.84. The summed E-state index contributed by atoms with van der Waals surface area (Å²) in [7, 11) is -3.79. The largest absolute Gasteiger partial charge is 0.482 e. The Labute approximate surface area is 172 Å². The summed E-state index contributed by atoms with van der Waals surface area (Å²) >= 11 is 12.1. The number of nitrogens with one attached hydrogen (secondary N) is 1. The van der Waals surface area contributed by atoms with E-state index in [0.29, 0.717) is 42.6 Å². The lowest BCUT2D eigenvalue weighted by Gasteiger charge is -2.35. The van der Waals surface area contributed by atoms with Crippen LogP contribution in [0.25, 0.3) is 0 Å². The van der Waals surface area contributed by atoms with Crippen LogP contribution in [0.15, 0.2) is 41.3 Å². The van der Waals surface area contributed by atoms with Crippen LogP contribution >= 0.6 is 23.2 Å². The van der Waals surface area contributed by atoms with Gasteiger partial charge in [0.15, 0.2) is 6.61 Å². The van der Waals surface area contributed by atoms with Crippen LogP contribution in [0.1, 0.15) is 0 Å². The van der Waals surface area contributed by atoms with Crippen molar-refractivity contribution < 1.29 is 17.9 Å². The molecule has 0 bridgehead atoms. The van der Waals surface area contributed by atoms with Crippen molar-refractivity contribution in [1.82, 2.24) is 4.31 Å². The van der Waals surface area contributed by atoms with E-state index in [-0.39, 0.29) is 22.4 Å². The van der Waals surface area contributed by atoms with E-state index in [4.69, 9.17) is 27.9 Å². The van der Waals surface area contributed by atoms with Gasteiger partial charge in [-0.25, -0.2) is 8.42 Å². The van der Waals surface area contributed by atoms with Gasteiger partial charge in [0.25, 0.3) is 5.91 Å². The Morgan fingerprint density at radius 1 is 1.00 bits per heavy atom. The molecule has 2 aliphatic heterocycles. The molecule has 10 heteroatoms. The lowest BCUT2D eigenvalue weighted by atomic mass is 10.2. The van der Waals surface area contributed by atoms with Gasteiger partial charge in [0.05, 0.1) is 10.7 Å². The summed E-state index contributed by atoms with van der Waals surface area (Å²) in [5.74, 6) is -0.0140. The van der Waals surface area contributed by atoms with Crippen molar-refractivity contribution in [3.05, 3.63) is 46.4 Å². The Balaban J connectivity index is 1.53. The van der Waals surface area contributed by atoms with E-state index in [1.54, 1.807) is 0 Å². The third kappa shape index (κ3) is 3.65. The fourth-order valence-corrected chi connectivity index (χ4v) is 5.32. The highest BCUT2D eigenvalue weighted by molar-refractivity contribution is 7.89. The molecule has 0 unspecified atom stereocenters. The maximum absolute atomic E-state index is 13.1. The number of hydrogen-bond acceptors (Lipinski definition) is 5. The Hall–Kier alpha value is -2.00. The molecule has 1 saturated heterocycles. The summed E-state index contributed by atoms with van der Waals surface area (Å²) in [4.78, 5) is 13.5. The molecular formula is C18H17Cl2N3O4S. The van der Waals surface area contributed by atoms with Gasteiger partial charge >= 0.3 is 0 Å². The molecule has 0 saturated carbocycles. The van der Waals surface area contributed by atoms with E-state index in [9.17, 15) is 13.2 Å². The van der Waals surface area contributed by atoms with Crippen molar-refractivity contribution in [2.75, 3.05) is 43.0 Å². The average Bonchev–Trinajstić information content (AvgIpc) is 2.68. The topological polar surface area (TPSA) is 79.0 Å². The standard InChI is InChI=1S/C18H17Cl2N3O4S/c19-12-1-3-13(4-2-12)22-5-7-23(8-6-22)28(25,26)17-10-16-15(9-14(17)20)21-18(24)11-27-16/h1-4,9-10H,5-8,11H2,(H,21,24). The smallest absolute Gasteiger partial charge is 0.262 e. The van der Waals surface area contributed by atoms with E-state index in [1.165, 1.54) is 16.4 Å². The van der Waals surface area contributed by atoms with Gasteiger partial charge in [-0.2, -0.15) is 4.31 Å². The molecule has 1 N–H and O–H groups in total. The Bertz CT molecular complexity index is 1020. The highest BCUT2D eigenvalue weighted by Gasteiger charge is 2.32. The Morgan fingerprint density at radius 2 is 1.68 bits per heavy atom. The zero-order valence-electron chi connectivity index (χ0n) is 14.7. The number of halogens is 2. The normalized spacial score (nSPS) is 17.6. The molecule has 2 aromatic rings. The number of nitrogens with zero attached hydrogens (tertiary/aromatic N) is 2. The van der Waals surface area contributed by atoms with Gasteiger partial charge < -0.3 is 15.0 Å². The van der Waals surface area contributed by atoms with Crippen molar-refractivity contribution >= 4 is 50.5 Å². The lowest BCUT2D eigenvalue weighted by molar-refractivity contribution is -0.118. The van der Waals surface area contributed by atoms with Crippen molar-refractivity contribution in [2.45, 2.75) is 4.90 Å². The molecule has 0 aromatic heterocycles. The number of anilines is 2. The molecule has 148 valence electrons. The molecular weight excluding hydrogens is 425 g/mol. The number of fused-ring (bicyclic) bond motifs is 1. The van der Waals surface area contributed by atoms with Crippen LogP contribution in [0.2, 0.25) is 10.0 Å². The van der Waals surface area contributed by atoms with E-state index in [2.05, 4.69) is 10.2 Å². The first kappa shape index (κ1) is 19.3. The average molecular weight is 442 g/mol. The first-order chi connectivity index (χ1) is 13.3. The Morgan fingerprint density at radius 3 is 2.36 bits per heavy atom. The van der Waals surface area contributed by atoms with Gasteiger partial charge in [-0.3, -0.25) is 4.79 Å². The number of hydrogen-bond donors (Lipinski definition) is 1. The monoisotopic (exact) mass is 441 g/mol. The number of benzene rings is 2. The number of sulfonamides is 1. The summed E-state index contributed by atoms with van der Waals surface area (Å²) in [5, 5.41) is 3.32. The van der Waals surface area contributed by atoms with Gasteiger partial charge in [-0.05, 0) is 30.3 Å². The molecule has 0 atom stereocenters. The number of ether oxygens (including phenoxy) is 1. The van der Waals surface area contributed by atoms with Gasteiger partial charge in [-0.1, -0.05) is 23.2 Å². The fraction of sp³-hybridized carbons (Fsp3) is 0.278. The number of rotatable bonds is 3. The number of carbonyl (C=O) groups excluding carboxylic acids is 1. The molecule has 2 aliphatic rings. The van der Waals surface area contributed by atoms with Crippen molar-refractivity contribution in [3.8, 4) is 5.75 Å². The van der Waals surface area contributed by atoms with Crippen molar-refractivity contribution in [1.29, 1.82) is 0 Å². The van der Waals surface area contributed by atoms with Crippen LogP contribution in [0, 0.1) is 0 Å². The zero-order valence-corrected chi connectivity index (χ0v) is 17.0. The predicted molar refractivity (Wildman–Crippen MR) is 108 cm³/mol. The number of amides is 1. The summed E-state index contributed by atoms with van der Waals surface area (Å²) in [6.45, 7) is 1.60. The molecule has 0 spiro atoms. The van der Waals surface area contributed by atoms with E-state index in [1.807, 2.05) is 24.3 Å². The zero-order chi connectivity index (χ0) is 19.9. The van der Waals surface area contributed by atoms with Crippen LogP contribution in [-0.4, -0.2) is 51.4 Å². The highest BCUT2D eigenvalue weighted by Crippen LogP contribution is 2.37. The molecule has 28 heavy (non-hydrogen) atoms. The minimum absolute atomic E-state index is 0.0241. The minimum Gasteiger partial charge on any atom is -0.482 e. The Kier molecular flexibility index (Phi) is 5.13. The third-order valence-corrected chi connectivity index (χ3v) is 7.33. The van der Waals surface area contributed by atoms with Crippen molar-refractivity contribution in [3.63, 3.8) is 0 Å². The SMILES string of the molecule is O=C1COc2cc(S(=O)(=O)N3CCN(c4ccc(Cl)cc4)CC3)c(Cl)cc2N1. The molecule has 0 radical (unpaired) electrons. The maximum atomic E-state index is 13.1. The quantitative estimate of drug-likeness (QED) is 0.791. The second kappa shape index (κ2) is 7.44. The van der Waals surface area contributed by atoms with Gasteiger partial charge in [0, 0.05) is 43.0 Å². The first-order valence-electron chi connectivity index (χ1n) is 8.61. The molecule has 1 fully saturated rings. The summed E-state index contributed by atoms with van der Waals surface area (Å²) in [5.41, 5.74) is 1.37. The molecule has 7 nitrogen and oxygen atoms in total. The fourth-order valence-electron chi connectivity index (χ4n) is 3.26. The maximum Gasteiger partial charge on any atom is 0.262 e. The van der Waals surface area contributed by atoms with Crippen LogP contribution in [0.5, 0.6) is 5.75 Å². The third-order valence-electron chi connectivity index (χ3n) is 4.72. The summed E-state index contributed by atoms with van der Waals surface area (Å²) in [6.07, 6.45) is 0. The molecule has 2 heterocycles. The first-order valence-corrected chi connectivity index (χ1v) is 10.8. The van der Waals surface area contributed by atoms with Gasteiger partial charge in [0.2, 0.25) is 10.0 Å². The van der Waals surface area contributed by atoms with Crippen molar-refractivity contribution in [2.24, 2.45) is 0 Å². The minimum atomic E-state index is -3.79. The molecule has 2 aromatic carbocycles. The molecule has 1 amide bonds. The lowest BCUT2D eigenvalue weighted by Crippen LogP contribution is -2.48. The molecule has 4 rings (SSSR count). The second-order valence-electron chi connectivity index (χ2n) is 6.48. The van der Waals surface area contributed by atoms with Gasteiger partial charge in [-0.15, -0.1) is 0 Å².